The molecule has 1 saturated heterocycles. The van der Waals surface area contributed by atoms with Gasteiger partial charge in [0.05, 0.1) is 24.8 Å². The third kappa shape index (κ3) is 3.26. The number of ether oxygens (including phenoxy) is 1. The molecule has 2 rings (SSSR count). The second kappa shape index (κ2) is 5.76. The summed E-state index contributed by atoms with van der Waals surface area (Å²) in [5, 5.41) is 12.2. The summed E-state index contributed by atoms with van der Waals surface area (Å²) in [6.45, 7) is 1.94. The zero-order valence-electron chi connectivity index (χ0n) is 9.58. The van der Waals surface area contributed by atoms with Gasteiger partial charge in [0.1, 0.15) is 5.82 Å². The Morgan fingerprint density at radius 1 is 1.53 bits per heavy atom. The molecule has 1 aromatic rings. The fourth-order valence-electron chi connectivity index (χ4n) is 2.00. The first kappa shape index (κ1) is 12.0. The summed E-state index contributed by atoms with van der Waals surface area (Å²) in [4.78, 5) is 0. The van der Waals surface area contributed by atoms with Crippen LogP contribution in [0.2, 0.25) is 0 Å². The molecule has 0 aromatic heterocycles. The minimum atomic E-state index is -0.332. The van der Waals surface area contributed by atoms with Gasteiger partial charge in [-0.3, -0.25) is 0 Å². The van der Waals surface area contributed by atoms with Crippen molar-refractivity contribution < 1.29 is 9.13 Å². The third-order valence-corrected chi connectivity index (χ3v) is 2.93. The summed E-state index contributed by atoms with van der Waals surface area (Å²) < 4.78 is 18.6. The SMILES string of the molecule is N#Cc1ccc(F)cc1COCC1CCCN1. The van der Waals surface area contributed by atoms with Crippen LogP contribution in [0, 0.1) is 17.1 Å². The molecule has 1 unspecified atom stereocenters. The molecule has 1 heterocycles. The smallest absolute Gasteiger partial charge is 0.123 e. The molecule has 1 atom stereocenters. The van der Waals surface area contributed by atoms with Gasteiger partial charge in [-0.25, -0.2) is 4.39 Å². The van der Waals surface area contributed by atoms with Crippen molar-refractivity contribution in [1.82, 2.24) is 5.32 Å². The number of nitriles is 1. The fourth-order valence-corrected chi connectivity index (χ4v) is 2.00. The van der Waals surface area contributed by atoms with Crippen LogP contribution in [0.4, 0.5) is 4.39 Å². The molecule has 1 aliphatic heterocycles. The molecule has 3 nitrogen and oxygen atoms in total. The summed E-state index contributed by atoms with van der Waals surface area (Å²) in [7, 11) is 0. The molecule has 17 heavy (non-hydrogen) atoms. The van der Waals surface area contributed by atoms with E-state index in [0.29, 0.717) is 30.4 Å². The molecule has 0 amide bonds. The molecule has 1 aliphatic rings. The number of hydrogen-bond acceptors (Lipinski definition) is 3. The first-order chi connectivity index (χ1) is 8.29. The summed E-state index contributed by atoms with van der Waals surface area (Å²) in [5.41, 5.74) is 1.09. The first-order valence-electron chi connectivity index (χ1n) is 5.79. The molecule has 1 fully saturated rings. The minimum absolute atomic E-state index is 0.291. The molecule has 0 aliphatic carbocycles. The number of rotatable bonds is 4. The summed E-state index contributed by atoms with van der Waals surface area (Å²) in [5.74, 6) is -0.332. The van der Waals surface area contributed by atoms with Crippen molar-refractivity contribution >= 4 is 0 Å². The maximum Gasteiger partial charge on any atom is 0.123 e. The summed E-state index contributed by atoms with van der Waals surface area (Å²) >= 11 is 0. The molecule has 90 valence electrons. The molecular weight excluding hydrogens is 219 g/mol. The standard InChI is InChI=1S/C13H15FN2O/c14-12-4-3-10(7-15)11(6-12)8-17-9-13-2-1-5-16-13/h3-4,6,13,16H,1-2,5,8-9H2. The Hall–Kier alpha value is -1.44. The van der Waals surface area contributed by atoms with E-state index in [4.69, 9.17) is 10.00 Å². The lowest BCUT2D eigenvalue weighted by Gasteiger charge is -2.11. The number of nitrogens with zero attached hydrogens (tertiary/aromatic N) is 1. The van der Waals surface area contributed by atoms with E-state index >= 15 is 0 Å². The van der Waals surface area contributed by atoms with Crippen molar-refractivity contribution in [2.45, 2.75) is 25.5 Å². The van der Waals surface area contributed by atoms with Crippen LogP contribution in [0.15, 0.2) is 18.2 Å². The molecule has 0 saturated carbocycles. The Morgan fingerprint density at radius 2 is 2.41 bits per heavy atom. The van der Waals surface area contributed by atoms with Gasteiger partial charge >= 0.3 is 0 Å². The van der Waals surface area contributed by atoms with Crippen LogP contribution in [0.3, 0.4) is 0 Å². The number of halogens is 1. The topological polar surface area (TPSA) is 45.0 Å². The maximum atomic E-state index is 13.0. The van der Waals surface area contributed by atoms with Crippen LogP contribution in [0.5, 0.6) is 0 Å². The van der Waals surface area contributed by atoms with Gasteiger partial charge in [-0.2, -0.15) is 5.26 Å². The van der Waals surface area contributed by atoms with Crippen LogP contribution in [0.25, 0.3) is 0 Å². The highest BCUT2D eigenvalue weighted by Crippen LogP contribution is 2.13. The van der Waals surface area contributed by atoms with Gasteiger partial charge in [0.2, 0.25) is 0 Å². The van der Waals surface area contributed by atoms with E-state index in [1.165, 1.54) is 24.6 Å². The molecule has 0 radical (unpaired) electrons. The molecule has 1 N–H and O–H groups in total. The van der Waals surface area contributed by atoms with Gasteiger partial charge in [0.25, 0.3) is 0 Å². The zero-order chi connectivity index (χ0) is 12.1. The molecule has 4 heteroatoms. The van der Waals surface area contributed by atoms with Crippen molar-refractivity contribution in [3.8, 4) is 6.07 Å². The maximum absolute atomic E-state index is 13.0. The van der Waals surface area contributed by atoms with Crippen molar-refractivity contribution in [3.05, 3.63) is 35.1 Å². The van der Waals surface area contributed by atoms with Crippen LogP contribution >= 0.6 is 0 Å². The monoisotopic (exact) mass is 234 g/mol. The molecule has 1 aromatic carbocycles. The number of benzene rings is 1. The van der Waals surface area contributed by atoms with E-state index in [1.807, 2.05) is 6.07 Å². The second-order valence-corrected chi connectivity index (χ2v) is 4.22. The van der Waals surface area contributed by atoms with Crippen LogP contribution < -0.4 is 5.32 Å². The van der Waals surface area contributed by atoms with E-state index in [1.54, 1.807) is 0 Å². The van der Waals surface area contributed by atoms with Crippen LogP contribution in [-0.2, 0) is 11.3 Å². The Balaban J connectivity index is 1.89. The number of hydrogen-bond donors (Lipinski definition) is 1. The van der Waals surface area contributed by atoms with Crippen molar-refractivity contribution in [2.75, 3.05) is 13.2 Å². The Bertz CT molecular complexity index is 422. The van der Waals surface area contributed by atoms with E-state index in [-0.39, 0.29) is 5.82 Å². The normalized spacial score (nSPS) is 19.2. The van der Waals surface area contributed by atoms with E-state index < -0.39 is 0 Å². The third-order valence-electron chi connectivity index (χ3n) is 2.93. The highest BCUT2D eigenvalue weighted by molar-refractivity contribution is 5.37. The van der Waals surface area contributed by atoms with E-state index in [9.17, 15) is 4.39 Å². The van der Waals surface area contributed by atoms with Crippen molar-refractivity contribution in [1.29, 1.82) is 5.26 Å². The van der Waals surface area contributed by atoms with E-state index in [0.717, 1.165) is 13.0 Å². The van der Waals surface area contributed by atoms with Gasteiger partial charge in [-0.1, -0.05) is 0 Å². The average Bonchev–Trinajstić information content (AvgIpc) is 2.82. The molecular formula is C13H15FN2O. The van der Waals surface area contributed by atoms with Gasteiger partial charge in [0.15, 0.2) is 0 Å². The van der Waals surface area contributed by atoms with Crippen molar-refractivity contribution in [3.63, 3.8) is 0 Å². The van der Waals surface area contributed by atoms with Gasteiger partial charge in [-0.05, 0) is 43.1 Å². The second-order valence-electron chi connectivity index (χ2n) is 4.22. The van der Waals surface area contributed by atoms with Gasteiger partial charge in [0, 0.05) is 6.04 Å². The summed E-state index contributed by atoms with van der Waals surface area (Å²) in [6, 6.07) is 6.58. The largest absolute Gasteiger partial charge is 0.375 e. The van der Waals surface area contributed by atoms with Gasteiger partial charge < -0.3 is 10.1 Å². The Labute approximate surface area is 100 Å². The predicted octanol–water partition coefficient (Wildman–Crippen LogP) is 1.97. The zero-order valence-corrected chi connectivity index (χ0v) is 9.58. The van der Waals surface area contributed by atoms with Crippen molar-refractivity contribution in [2.24, 2.45) is 0 Å². The van der Waals surface area contributed by atoms with E-state index in [2.05, 4.69) is 5.32 Å². The predicted molar refractivity (Wildman–Crippen MR) is 61.8 cm³/mol. The lowest BCUT2D eigenvalue weighted by atomic mass is 10.1. The lowest BCUT2D eigenvalue weighted by Crippen LogP contribution is -2.26. The van der Waals surface area contributed by atoms with Gasteiger partial charge in [-0.15, -0.1) is 0 Å². The first-order valence-corrected chi connectivity index (χ1v) is 5.79. The summed E-state index contributed by atoms with van der Waals surface area (Å²) in [6.07, 6.45) is 2.30. The van der Waals surface area contributed by atoms with Crippen LogP contribution in [-0.4, -0.2) is 19.2 Å². The fraction of sp³-hybridized carbons (Fsp3) is 0.462. The highest BCUT2D eigenvalue weighted by Gasteiger charge is 2.14. The highest BCUT2D eigenvalue weighted by atomic mass is 19.1. The Morgan fingerprint density at radius 3 is 3.12 bits per heavy atom. The average molecular weight is 234 g/mol. The molecule has 0 spiro atoms. The minimum Gasteiger partial charge on any atom is -0.375 e. The Kier molecular flexibility index (Phi) is 4.08. The van der Waals surface area contributed by atoms with Crippen LogP contribution in [0.1, 0.15) is 24.0 Å². The lowest BCUT2D eigenvalue weighted by molar-refractivity contribution is 0.103. The molecule has 0 bridgehead atoms. The number of nitrogens with one attached hydrogen (secondary N) is 1. The quantitative estimate of drug-likeness (QED) is 0.866.